The Kier molecular flexibility index (Phi) is 6.44. The second-order valence-electron chi connectivity index (χ2n) is 4.10. The third-order valence-electron chi connectivity index (χ3n) is 2.56. The molecule has 8 heteroatoms. The average molecular weight is 307 g/mol. The van der Waals surface area contributed by atoms with E-state index in [1.54, 1.807) is 0 Å². The van der Waals surface area contributed by atoms with Gasteiger partial charge in [0.1, 0.15) is 0 Å². The molecule has 0 aliphatic heterocycles. The summed E-state index contributed by atoms with van der Waals surface area (Å²) in [6.45, 7) is 1.42. The molecule has 0 aliphatic rings. The molecule has 0 aromatic heterocycles. The minimum absolute atomic E-state index is 0.183. The summed E-state index contributed by atoms with van der Waals surface area (Å²) in [5, 5.41) is 11.5. The van der Waals surface area contributed by atoms with Crippen LogP contribution in [0, 0.1) is 0 Å². The van der Waals surface area contributed by atoms with Crippen LogP contribution in [-0.2, 0) is 15.7 Å². The number of ether oxygens (including phenoxy) is 2. The van der Waals surface area contributed by atoms with E-state index in [1.165, 1.54) is 13.2 Å². The van der Waals surface area contributed by atoms with Gasteiger partial charge in [-0.05, 0) is 18.2 Å². The third kappa shape index (κ3) is 5.60. The summed E-state index contributed by atoms with van der Waals surface area (Å²) < 4.78 is 48.3. The number of hydrogen-bond acceptors (Lipinski definition) is 4. The largest absolute Gasteiger partial charge is 0.478 e. The molecular weight excluding hydrogens is 291 g/mol. The van der Waals surface area contributed by atoms with E-state index >= 15 is 0 Å². The summed E-state index contributed by atoms with van der Waals surface area (Å²) in [6.07, 6.45) is -4.72. The molecule has 21 heavy (non-hydrogen) atoms. The van der Waals surface area contributed by atoms with E-state index in [0.29, 0.717) is 26.4 Å². The quantitative estimate of drug-likeness (QED) is 0.722. The second-order valence-corrected chi connectivity index (χ2v) is 4.10. The van der Waals surface area contributed by atoms with E-state index in [4.69, 9.17) is 14.6 Å². The highest BCUT2D eigenvalue weighted by atomic mass is 19.4. The van der Waals surface area contributed by atoms with Gasteiger partial charge in [0.05, 0.1) is 30.9 Å². The lowest BCUT2D eigenvalue weighted by molar-refractivity contribution is -0.138. The molecule has 0 saturated carbocycles. The molecule has 0 spiro atoms. The van der Waals surface area contributed by atoms with Gasteiger partial charge in [-0.3, -0.25) is 0 Å². The molecule has 0 aliphatic carbocycles. The fourth-order valence-corrected chi connectivity index (χ4v) is 1.59. The molecule has 0 heterocycles. The maximum absolute atomic E-state index is 12.8. The number of anilines is 1. The van der Waals surface area contributed by atoms with E-state index in [0.717, 1.165) is 12.1 Å². The van der Waals surface area contributed by atoms with Gasteiger partial charge in [-0.2, -0.15) is 13.2 Å². The number of halogens is 3. The first-order valence-electron chi connectivity index (χ1n) is 6.11. The van der Waals surface area contributed by atoms with Crippen LogP contribution < -0.4 is 5.32 Å². The van der Waals surface area contributed by atoms with E-state index in [1.807, 2.05) is 0 Å². The van der Waals surface area contributed by atoms with E-state index in [9.17, 15) is 18.0 Å². The number of hydrogen-bond donors (Lipinski definition) is 2. The van der Waals surface area contributed by atoms with Crippen LogP contribution in [0.25, 0.3) is 0 Å². The maximum atomic E-state index is 12.8. The lowest BCUT2D eigenvalue weighted by Gasteiger charge is -2.13. The Bertz CT molecular complexity index is 477. The molecule has 0 unspecified atom stereocenters. The third-order valence-corrected chi connectivity index (χ3v) is 2.56. The summed E-state index contributed by atoms with van der Waals surface area (Å²) in [5.74, 6) is -1.61. The Morgan fingerprint density at radius 3 is 2.57 bits per heavy atom. The summed E-state index contributed by atoms with van der Waals surface area (Å²) in [6, 6.07) is 2.99. The van der Waals surface area contributed by atoms with Crippen molar-refractivity contribution < 1.29 is 32.5 Å². The number of nitrogens with one attached hydrogen (secondary N) is 1. The molecule has 0 amide bonds. The summed E-state index contributed by atoms with van der Waals surface area (Å²) in [5.41, 5.74) is -1.77. The summed E-state index contributed by atoms with van der Waals surface area (Å²) >= 11 is 0. The zero-order valence-corrected chi connectivity index (χ0v) is 11.4. The average Bonchev–Trinajstić information content (AvgIpc) is 2.41. The molecule has 0 atom stereocenters. The Morgan fingerprint density at radius 1 is 1.29 bits per heavy atom. The van der Waals surface area contributed by atoms with Crippen LogP contribution in [-0.4, -0.2) is 44.6 Å². The SMILES string of the molecule is COCCOCCNc1ccc(C(=O)O)c(C(F)(F)F)c1. The molecule has 0 bridgehead atoms. The minimum Gasteiger partial charge on any atom is -0.478 e. The molecule has 0 saturated heterocycles. The van der Waals surface area contributed by atoms with Crippen LogP contribution in [0.15, 0.2) is 18.2 Å². The number of methoxy groups -OCH3 is 1. The van der Waals surface area contributed by atoms with Gasteiger partial charge < -0.3 is 19.9 Å². The molecule has 2 N–H and O–H groups in total. The number of alkyl halides is 3. The predicted molar refractivity (Wildman–Crippen MR) is 69.6 cm³/mol. The highest BCUT2D eigenvalue weighted by Crippen LogP contribution is 2.33. The molecular formula is C13H16F3NO4. The minimum atomic E-state index is -4.72. The molecule has 5 nitrogen and oxygen atoms in total. The number of rotatable bonds is 8. The van der Waals surface area contributed by atoms with Gasteiger partial charge in [-0.15, -0.1) is 0 Å². The Labute approximate surface area is 119 Å². The zero-order valence-electron chi connectivity index (χ0n) is 11.4. The lowest BCUT2D eigenvalue weighted by Crippen LogP contribution is -2.15. The predicted octanol–water partition coefficient (Wildman–Crippen LogP) is 2.48. The number of carboxylic acid groups (broad SMARTS) is 1. The standard InChI is InChI=1S/C13H16F3NO4/c1-20-6-7-21-5-4-17-9-2-3-10(12(18)19)11(8-9)13(14,15)16/h2-3,8,17H,4-7H2,1H3,(H,18,19). The van der Waals surface area contributed by atoms with Crippen molar-refractivity contribution in [3.8, 4) is 0 Å². The van der Waals surface area contributed by atoms with Crippen molar-refractivity contribution in [3.05, 3.63) is 29.3 Å². The van der Waals surface area contributed by atoms with Gasteiger partial charge >= 0.3 is 12.1 Å². The van der Waals surface area contributed by atoms with Crippen LogP contribution >= 0.6 is 0 Å². The normalized spacial score (nSPS) is 11.4. The van der Waals surface area contributed by atoms with Gasteiger partial charge in [0.25, 0.3) is 0 Å². The highest BCUT2D eigenvalue weighted by molar-refractivity contribution is 5.90. The summed E-state index contributed by atoms with van der Waals surface area (Å²) in [7, 11) is 1.53. The Hall–Kier alpha value is -1.80. The van der Waals surface area contributed by atoms with Crippen LogP contribution in [0.3, 0.4) is 0 Å². The molecule has 0 fully saturated rings. The van der Waals surface area contributed by atoms with E-state index < -0.39 is 23.3 Å². The Balaban J connectivity index is 2.66. The van der Waals surface area contributed by atoms with Crippen LogP contribution in [0.1, 0.15) is 15.9 Å². The number of carboxylic acids is 1. The van der Waals surface area contributed by atoms with Gasteiger partial charge in [-0.25, -0.2) is 4.79 Å². The number of aromatic carboxylic acids is 1. The summed E-state index contributed by atoms with van der Waals surface area (Å²) in [4.78, 5) is 10.8. The van der Waals surface area contributed by atoms with Crippen LogP contribution in [0.2, 0.25) is 0 Å². The first kappa shape index (κ1) is 17.3. The molecule has 1 rings (SSSR count). The van der Waals surface area contributed by atoms with Crippen molar-refractivity contribution in [1.82, 2.24) is 0 Å². The van der Waals surface area contributed by atoms with Crippen molar-refractivity contribution in [3.63, 3.8) is 0 Å². The van der Waals surface area contributed by atoms with Crippen molar-refractivity contribution >= 4 is 11.7 Å². The van der Waals surface area contributed by atoms with Crippen molar-refractivity contribution in [1.29, 1.82) is 0 Å². The molecule has 0 radical (unpaired) electrons. The topological polar surface area (TPSA) is 67.8 Å². The maximum Gasteiger partial charge on any atom is 0.417 e. The Morgan fingerprint density at radius 2 is 2.00 bits per heavy atom. The van der Waals surface area contributed by atoms with Gasteiger partial charge in [0.15, 0.2) is 0 Å². The first-order chi connectivity index (χ1) is 9.86. The zero-order chi connectivity index (χ0) is 15.9. The van der Waals surface area contributed by atoms with Crippen molar-refractivity contribution in [2.75, 3.05) is 38.8 Å². The molecule has 1 aromatic carbocycles. The van der Waals surface area contributed by atoms with Gasteiger partial charge in [0, 0.05) is 19.3 Å². The monoisotopic (exact) mass is 307 g/mol. The smallest absolute Gasteiger partial charge is 0.417 e. The molecule has 1 aromatic rings. The fourth-order valence-electron chi connectivity index (χ4n) is 1.59. The highest BCUT2D eigenvalue weighted by Gasteiger charge is 2.35. The van der Waals surface area contributed by atoms with Crippen LogP contribution in [0.5, 0.6) is 0 Å². The first-order valence-corrected chi connectivity index (χ1v) is 6.11. The van der Waals surface area contributed by atoms with Crippen molar-refractivity contribution in [2.24, 2.45) is 0 Å². The van der Waals surface area contributed by atoms with Crippen molar-refractivity contribution in [2.45, 2.75) is 6.18 Å². The fraction of sp³-hybridized carbons (Fsp3) is 0.462. The van der Waals surface area contributed by atoms with E-state index in [-0.39, 0.29) is 5.69 Å². The lowest BCUT2D eigenvalue weighted by atomic mass is 10.1. The second kappa shape index (κ2) is 7.84. The van der Waals surface area contributed by atoms with Crippen LogP contribution in [0.4, 0.5) is 18.9 Å². The number of carbonyl (C=O) groups is 1. The van der Waals surface area contributed by atoms with Gasteiger partial charge in [-0.1, -0.05) is 0 Å². The van der Waals surface area contributed by atoms with Gasteiger partial charge in [0.2, 0.25) is 0 Å². The number of benzene rings is 1. The van der Waals surface area contributed by atoms with E-state index in [2.05, 4.69) is 5.32 Å². The molecule has 118 valence electrons.